The second-order valence-corrected chi connectivity index (χ2v) is 4.62. The first-order valence-electron chi connectivity index (χ1n) is 4.58. The van der Waals surface area contributed by atoms with Crippen molar-refractivity contribution < 1.29 is 15.0 Å². The van der Waals surface area contributed by atoms with Gasteiger partial charge in [0.25, 0.3) is 5.24 Å². The molecule has 4 nitrogen and oxygen atoms in total. The molecular weight excluding hydrogens is 214 g/mol. The normalized spacial score (nSPS) is 25.3. The van der Waals surface area contributed by atoms with Crippen molar-refractivity contribution in [3.05, 3.63) is 29.8 Å². The fraction of sp³-hybridized carbons (Fsp3) is 0.300. The average molecular weight is 225 g/mol. The van der Waals surface area contributed by atoms with Gasteiger partial charge in [0.1, 0.15) is 12.0 Å². The minimum Gasteiger partial charge on any atom is -0.508 e. The quantitative estimate of drug-likeness (QED) is 0.704. The van der Waals surface area contributed by atoms with Crippen LogP contribution in [0.15, 0.2) is 24.3 Å². The Morgan fingerprint density at radius 1 is 1.33 bits per heavy atom. The van der Waals surface area contributed by atoms with Gasteiger partial charge in [-0.25, -0.2) is 0 Å². The standard InChI is InChI=1S/C10H11NO3S/c12-7-3-1-6(2-4-7)5-8-9(13)11-10(14)15-8/h1-4,8-9,12-13H,5H2,(H,11,14). The maximum atomic E-state index is 11.0. The zero-order chi connectivity index (χ0) is 10.8. The van der Waals surface area contributed by atoms with Crippen molar-refractivity contribution in [3.63, 3.8) is 0 Å². The number of rotatable bonds is 2. The highest BCUT2D eigenvalue weighted by atomic mass is 32.2. The SMILES string of the molecule is O=C1NC(O)C(Cc2ccc(O)cc2)S1. The second kappa shape index (κ2) is 4.12. The third kappa shape index (κ3) is 2.43. The number of hydrogen-bond donors (Lipinski definition) is 3. The van der Waals surface area contributed by atoms with E-state index in [1.165, 1.54) is 0 Å². The summed E-state index contributed by atoms with van der Waals surface area (Å²) in [6.45, 7) is 0. The minimum atomic E-state index is -0.781. The van der Waals surface area contributed by atoms with E-state index in [9.17, 15) is 9.90 Å². The molecule has 0 aliphatic carbocycles. The number of thioether (sulfide) groups is 1. The fourth-order valence-electron chi connectivity index (χ4n) is 1.47. The van der Waals surface area contributed by atoms with Crippen molar-refractivity contribution in [3.8, 4) is 5.75 Å². The number of hydrogen-bond acceptors (Lipinski definition) is 4. The maximum absolute atomic E-state index is 11.0. The summed E-state index contributed by atoms with van der Waals surface area (Å²) in [6, 6.07) is 6.75. The van der Waals surface area contributed by atoms with E-state index in [-0.39, 0.29) is 16.2 Å². The van der Waals surface area contributed by atoms with Crippen LogP contribution in [0.4, 0.5) is 4.79 Å². The predicted octanol–water partition coefficient (Wildman–Crippen LogP) is 1.08. The molecule has 1 saturated heterocycles. The molecule has 1 amide bonds. The molecule has 0 bridgehead atoms. The number of nitrogens with one attached hydrogen (secondary N) is 1. The summed E-state index contributed by atoms with van der Waals surface area (Å²) in [5, 5.41) is 20.7. The van der Waals surface area contributed by atoms with E-state index in [1.807, 2.05) is 0 Å². The molecule has 1 aromatic rings. The first-order chi connectivity index (χ1) is 7.15. The highest BCUT2D eigenvalue weighted by molar-refractivity contribution is 8.14. The van der Waals surface area contributed by atoms with E-state index in [2.05, 4.69) is 5.32 Å². The van der Waals surface area contributed by atoms with Crippen LogP contribution in [0.1, 0.15) is 5.56 Å². The van der Waals surface area contributed by atoms with Crippen LogP contribution in [0, 0.1) is 0 Å². The van der Waals surface area contributed by atoms with E-state index in [1.54, 1.807) is 24.3 Å². The first-order valence-corrected chi connectivity index (χ1v) is 5.46. The molecule has 0 aromatic heterocycles. The Bertz CT molecular complexity index is 365. The number of amides is 1. The van der Waals surface area contributed by atoms with Gasteiger partial charge in [-0.2, -0.15) is 0 Å². The van der Waals surface area contributed by atoms with Crippen molar-refractivity contribution >= 4 is 17.0 Å². The number of phenols is 1. The van der Waals surface area contributed by atoms with Crippen LogP contribution in [0.3, 0.4) is 0 Å². The molecule has 2 unspecified atom stereocenters. The molecule has 2 rings (SSSR count). The molecule has 0 spiro atoms. The third-order valence-electron chi connectivity index (χ3n) is 2.25. The smallest absolute Gasteiger partial charge is 0.281 e. The number of aromatic hydroxyl groups is 1. The van der Waals surface area contributed by atoms with Gasteiger partial charge >= 0.3 is 0 Å². The largest absolute Gasteiger partial charge is 0.508 e. The van der Waals surface area contributed by atoms with Gasteiger partial charge in [-0.1, -0.05) is 23.9 Å². The average Bonchev–Trinajstić information content (AvgIpc) is 2.49. The van der Waals surface area contributed by atoms with Crippen LogP contribution in [0.25, 0.3) is 0 Å². The molecule has 1 fully saturated rings. The number of phenolic OH excluding ortho intramolecular Hbond substituents is 1. The fourth-order valence-corrected chi connectivity index (χ4v) is 2.40. The lowest BCUT2D eigenvalue weighted by Gasteiger charge is -2.11. The maximum Gasteiger partial charge on any atom is 0.281 e. The Kier molecular flexibility index (Phi) is 2.83. The molecule has 0 radical (unpaired) electrons. The van der Waals surface area contributed by atoms with Crippen LogP contribution >= 0.6 is 11.8 Å². The number of benzene rings is 1. The van der Waals surface area contributed by atoms with Gasteiger partial charge < -0.3 is 15.5 Å². The molecule has 2 atom stereocenters. The monoisotopic (exact) mass is 225 g/mol. The molecule has 3 N–H and O–H groups in total. The summed E-state index contributed by atoms with van der Waals surface area (Å²) in [5.74, 6) is 0.215. The summed E-state index contributed by atoms with van der Waals surface area (Å²) < 4.78 is 0. The number of aliphatic hydroxyl groups excluding tert-OH is 1. The van der Waals surface area contributed by atoms with E-state index < -0.39 is 6.23 Å². The topological polar surface area (TPSA) is 69.6 Å². The molecule has 1 heterocycles. The van der Waals surface area contributed by atoms with Crippen molar-refractivity contribution in [2.45, 2.75) is 17.9 Å². The van der Waals surface area contributed by atoms with Crippen molar-refractivity contribution in [1.29, 1.82) is 0 Å². The van der Waals surface area contributed by atoms with Crippen LogP contribution < -0.4 is 5.32 Å². The Hall–Kier alpha value is -1.20. The number of carbonyl (C=O) groups is 1. The molecule has 1 aliphatic rings. The lowest BCUT2D eigenvalue weighted by molar-refractivity contribution is 0.152. The summed E-state index contributed by atoms with van der Waals surface area (Å²) in [7, 11) is 0. The Morgan fingerprint density at radius 2 is 2.00 bits per heavy atom. The van der Waals surface area contributed by atoms with Crippen LogP contribution in [-0.2, 0) is 6.42 Å². The Morgan fingerprint density at radius 3 is 2.53 bits per heavy atom. The number of aliphatic hydroxyl groups is 1. The molecular formula is C10H11NO3S. The van der Waals surface area contributed by atoms with Crippen molar-refractivity contribution in [2.24, 2.45) is 0 Å². The van der Waals surface area contributed by atoms with Gasteiger partial charge in [-0.3, -0.25) is 4.79 Å². The first kappa shape index (κ1) is 10.3. The summed E-state index contributed by atoms with van der Waals surface area (Å²) in [6.07, 6.45) is -0.179. The Labute approximate surface area is 91.3 Å². The molecule has 0 saturated carbocycles. The van der Waals surface area contributed by atoms with Crippen LogP contribution in [-0.4, -0.2) is 26.9 Å². The number of carbonyl (C=O) groups excluding carboxylic acids is 1. The molecule has 15 heavy (non-hydrogen) atoms. The van der Waals surface area contributed by atoms with Crippen LogP contribution in [0.5, 0.6) is 5.75 Å². The third-order valence-corrected chi connectivity index (χ3v) is 3.31. The van der Waals surface area contributed by atoms with Crippen molar-refractivity contribution in [2.75, 3.05) is 0 Å². The van der Waals surface area contributed by atoms with E-state index in [0.717, 1.165) is 17.3 Å². The summed E-state index contributed by atoms with van der Waals surface area (Å²) in [5.41, 5.74) is 0.987. The Balaban J connectivity index is 2.03. The zero-order valence-electron chi connectivity index (χ0n) is 7.88. The van der Waals surface area contributed by atoms with Gasteiger partial charge in [0.15, 0.2) is 0 Å². The van der Waals surface area contributed by atoms with Gasteiger partial charge in [0.05, 0.1) is 5.25 Å². The zero-order valence-corrected chi connectivity index (χ0v) is 8.70. The van der Waals surface area contributed by atoms with Gasteiger partial charge in [-0.15, -0.1) is 0 Å². The van der Waals surface area contributed by atoms with Gasteiger partial charge in [0.2, 0.25) is 0 Å². The van der Waals surface area contributed by atoms with Gasteiger partial charge in [-0.05, 0) is 24.1 Å². The molecule has 5 heteroatoms. The summed E-state index contributed by atoms with van der Waals surface area (Å²) >= 11 is 1.11. The van der Waals surface area contributed by atoms with Gasteiger partial charge in [0, 0.05) is 0 Å². The molecule has 1 aromatic carbocycles. The highest BCUT2D eigenvalue weighted by Crippen LogP contribution is 2.25. The predicted molar refractivity (Wildman–Crippen MR) is 57.7 cm³/mol. The minimum absolute atomic E-state index is 0.151. The lowest BCUT2D eigenvalue weighted by Crippen LogP contribution is -2.31. The lowest BCUT2D eigenvalue weighted by atomic mass is 10.1. The molecule has 80 valence electrons. The van der Waals surface area contributed by atoms with E-state index in [4.69, 9.17) is 5.11 Å². The second-order valence-electron chi connectivity index (χ2n) is 3.40. The van der Waals surface area contributed by atoms with E-state index >= 15 is 0 Å². The highest BCUT2D eigenvalue weighted by Gasteiger charge is 2.31. The van der Waals surface area contributed by atoms with Crippen LogP contribution in [0.2, 0.25) is 0 Å². The molecule has 1 aliphatic heterocycles. The summed E-state index contributed by atoms with van der Waals surface area (Å²) in [4.78, 5) is 11.0. The van der Waals surface area contributed by atoms with Crippen molar-refractivity contribution in [1.82, 2.24) is 5.32 Å². The van der Waals surface area contributed by atoms with E-state index in [0.29, 0.717) is 6.42 Å².